The molecule has 82 valence electrons. The number of ether oxygens (including phenoxy) is 1. The molecule has 1 unspecified atom stereocenters. The zero-order chi connectivity index (χ0) is 11.1. The number of rotatable bonds is 6. The molecule has 2 nitrogen and oxygen atoms in total. The Bertz CT molecular complexity index is 295. The fourth-order valence-electron chi connectivity index (χ4n) is 1.12. The molecular weight excluding hydrogens is 195 g/mol. The minimum atomic E-state index is -0.506. The van der Waals surface area contributed by atoms with Gasteiger partial charge in [0, 0.05) is 0 Å². The van der Waals surface area contributed by atoms with Gasteiger partial charge < -0.3 is 9.84 Å². The second-order valence-electron chi connectivity index (χ2n) is 3.28. The average Bonchev–Trinajstić information content (AvgIpc) is 2.25. The summed E-state index contributed by atoms with van der Waals surface area (Å²) in [4.78, 5) is 0. The van der Waals surface area contributed by atoms with E-state index in [0.717, 1.165) is 6.42 Å². The largest absolute Gasteiger partial charge is 0.491 e. The van der Waals surface area contributed by atoms with Crippen LogP contribution in [0.3, 0.4) is 0 Å². The summed E-state index contributed by atoms with van der Waals surface area (Å²) in [5.41, 5.74) is 0. The Morgan fingerprint density at radius 1 is 1.40 bits per heavy atom. The van der Waals surface area contributed by atoms with Crippen molar-refractivity contribution < 1.29 is 14.2 Å². The van der Waals surface area contributed by atoms with E-state index in [1.54, 1.807) is 6.08 Å². The maximum atomic E-state index is 12.5. The predicted octanol–water partition coefficient (Wildman–Crippen LogP) is 2.53. The topological polar surface area (TPSA) is 29.5 Å². The fraction of sp³-hybridized carbons (Fsp3) is 0.333. The maximum absolute atomic E-state index is 12.5. The summed E-state index contributed by atoms with van der Waals surface area (Å²) >= 11 is 0. The van der Waals surface area contributed by atoms with Gasteiger partial charge in [-0.1, -0.05) is 6.08 Å². The average molecular weight is 210 g/mol. The highest BCUT2D eigenvalue weighted by Gasteiger charge is 2.03. The Kier molecular flexibility index (Phi) is 4.84. The zero-order valence-electron chi connectivity index (χ0n) is 8.53. The lowest BCUT2D eigenvalue weighted by Crippen LogP contribution is -2.16. The zero-order valence-corrected chi connectivity index (χ0v) is 8.53. The van der Waals surface area contributed by atoms with E-state index in [2.05, 4.69) is 6.58 Å². The van der Waals surface area contributed by atoms with Crippen LogP contribution in [0.2, 0.25) is 0 Å². The van der Waals surface area contributed by atoms with Crippen molar-refractivity contribution in [3.05, 3.63) is 42.7 Å². The third-order valence-corrected chi connectivity index (χ3v) is 1.96. The first-order valence-electron chi connectivity index (χ1n) is 4.89. The molecule has 0 aromatic heterocycles. The second-order valence-corrected chi connectivity index (χ2v) is 3.28. The van der Waals surface area contributed by atoms with E-state index in [1.807, 2.05) is 0 Å². The molecular formula is C12H15FO2. The molecule has 1 N–H and O–H groups in total. The number of aliphatic hydroxyl groups is 1. The van der Waals surface area contributed by atoms with E-state index in [4.69, 9.17) is 4.74 Å². The number of allylic oxidation sites excluding steroid dienone is 1. The summed E-state index contributed by atoms with van der Waals surface area (Å²) in [5, 5.41) is 9.45. The standard InChI is InChI=1S/C12H15FO2/c1-2-3-4-11(14)9-15-12-7-5-10(13)6-8-12/h2,5-8,11,14H,1,3-4,9H2. The number of halogens is 1. The summed E-state index contributed by atoms with van der Waals surface area (Å²) in [5.74, 6) is 0.267. The molecule has 0 spiro atoms. The molecule has 0 bridgehead atoms. The molecule has 1 aromatic carbocycles. The minimum Gasteiger partial charge on any atom is -0.491 e. The highest BCUT2D eigenvalue weighted by molar-refractivity contribution is 5.22. The third kappa shape index (κ3) is 4.61. The highest BCUT2D eigenvalue weighted by atomic mass is 19.1. The van der Waals surface area contributed by atoms with Gasteiger partial charge in [0.2, 0.25) is 0 Å². The molecule has 3 heteroatoms. The Morgan fingerprint density at radius 2 is 2.07 bits per heavy atom. The van der Waals surface area contributed by atoms with E-state index in [9.17, 15) is 9.50 Å². The van der Waals surface area contributed by atoms with E-state index >= 15 is 0 Å². The lowest BCUT2D eigenvalue weighted by Gasteiger charge is -2.11. The van der Waals surface area contributed by atoms with Crippen LogP contribution in [0.4, 0.5) is 4.39 Å². The van der Waals surface area contributed by atoms with Gasteiger partial charge in [-0.05, 0) is 37.1 Å². The summed E-state index contributed by atoms with van der Waals surface area (Å²) < 4.78 is 17.8. The Morgan fingerprint density at radius 3 is 2.67 bits per heavy atom. The van der Waals surface area contributed by atoms with Gasteiger partial charge in [0.05, 0.1) is 6.10 Å². The van der Waals surface area contributed by atoms with E-state index < -0.39 is 6.10 Å². The van der Waals surface area contributed by atoms with Crippen LogP contribution in [0.25, 0.3) is 0 Å². The van der Waals surface area contributed by atoms with E-state index in [1.165, 1.54) is 24.3 Å². The van der Waals surface area contributed by atoms with Crippen molar-refractivity contribution in [2.45, 2.75) is 18.9 Å². The van der Waals surface area contributed by atoms with Crippen molar-refractivity contribution in [2.24, 2.45) is 0 Å². The number of benzene rings is 1. The molecule has 0 radical (unpaired) electrons. The molecule has 0 aliphatic rings. The molecule has 1 atom stereocenters. The third-order valence-electron chi connectivity index (χ3n) is 1.96. The summed E-state index contributed by atoms with van der Waals surface area (Å²) in [6.07, 6.45) is 2.63. The molecule has 0 amide bonds. The van der Waals surface area contributed by atoms with Crippen molar-refractivity contribution >= 4 is 0 Å². The van der Waals surface area contributed by atoms with Crippen molar-refractivity contribution in [1.29, 1.82) is 0 Å². The van der Waals surface area contributed by atoms with Crippen LogP contribution in [0.1, 0.15) is 12.8 Å². The molecule has 0 heterocycles. The van der Waals surface area contributed by atoms with Crippen molar-refractivity contribution in [1.82, 2.24) is 0 Å². The predicted molar refractivity (Wildman–Crippen MR) is 57.3 cm³/mol. The van der Waals surface area contributed by atoms with Gasteiger partial charge in [-0.15, -0.1) is 6.58 Å². The van der Waals surface area contributed by atoms with Gasteiger partial charge in [0.1, 0.15) is 18.2 Å². The molecule has 0 aliphatic heterocycles. The minimum absolute atomic E-state index is 0.222. The van der Waals surface area contributed by atoms with Crippen LogP contribution in [0.15, 0.2) is 36.9 Å². The number of hydrogen-bond donors (Lipinski definition) is 1. The quantitative estimate of drug-likeness (QED) is 0.731. The van der Waals surface area contributed by atoms with Gasteiger partial charge in [0.25, 0.3) is 0 Å². The molecule has 0 aliphatic carbocycles. The molecule has 0 saturated carbocycles. The monoisotopic (exact) mass is 210 g/mol. The summed E-state index contributed by atoms with van der Waals surface area (Å²) in [7, 11) is 0. The van der Waals surface area contributed by atoms with E-state index in [0.29, 0.717) is 12.2 Å². The Labute approximate surface area is 89.0 Å². The van der Waals surface area contributed by atoms with Crippen molar-refractivity contribution in [3.8, 4) is 5.75 Å². The number of hydrogen-bond acceptors (Lipinski definition) is 2. The van der Waals surface area contributed by atoms with Gasteiger partial charge in [-0.3, -0.25) is 0 Å². The molecule has 0 fully saturated rings. The second kappa shape index (κ2) is 6.19. The number of aliphatic hydroxyl groups excluding tert-OH is 1. The van der Waals surface area contributed by atoms with Crippen molar-refractivity contribution in [2.75, 3.05) is 6.61 Å². The summed E-state index contributed by atoms with van der Waals surface area (Å²) in [6, 6.07) is 5.72. The van der Waals surface area contributed by atoms with E-state index in [-0.39, 0.29) is 12.4 Å². The van der Waals surface area contributed by atoms with Gasteiger partial charge in [0.15, 0.2) is 0 Å². The van der Waals surface area contributed by atoms with Crippen molar-refractivity contribution in [3.63, 3.8) is 0 Å². The van der Waals surface area contributed by atoms with Crippen LogP contribution in [-0.2, 0) is 0 Å². The SMILES string of the molecule is C=CCCC(O)COc1ccc(F)cc1. The van der Waals surface area contributed by atoms with Gasteiger partial charge in [-0.25, -0.2) is 4.39 Å². The van der Waals surface area contributed by atoms with Crippen LogP contribution < -0.4 is 4.74 Å². The fourth-order valence-corrected chi connectivity index (χ4v) is 1.12. The lowest BCUT2D eigenvalue weighted by atomic mass is 10.2. The first kappa shape index (κ1) is 11.7. The Balaban J connectivity index is 2.30. The Hall–Kier alpha value is -1.35. The molecule has 15 heavy (non-hydrogen) atoms. The first-order valence-corrected chi connectivity index (χ1v) is 4.89. The normalized spacial score (nSPS) is 12.1. The molecule has 1 aromatic rings. The maximum Gasteiger partial charge on any atom is 0.123 e. The molecule has 0 saturated heterocycles. The van der Waals surface area contributed by atoms with Crippen LogP contribution in [-0.4, -0.2) is 17.8 Å². The first-order chi connectivity index (χ1) is 7.22. The van der Waals surface area contributed by atoms with Gasteiger partial charge in [-0.2, -0.15) is 0 Å². The van der Waals surface area contributed by atoms with Crippen LogP contribution in [0.5, 0.6) is 5.75 Å². The smallest absolute Gasteiger partial charge is 0.123 e. The summed E-state index contributed by atoms with van der Waals surface area (Å²) in [6.45, 7) is 3.79. The molecule has 1 rings (SSSR count). The highest BCUT2D eigenvalue weighted by Crippen LogP contribution is 2.11. The van der Waals surface area contributed by atoms with Crippen LogP contribution in [0, 0.1) is 5.82 Å². The van der Waals surface area contributed by atoms with Gasteiger partial charge >= 0.3 is 0 Å². The lowest BCUT2D eigenvalue weighted by molar-refractivity contribution is 0.101. The van der Waals surface area contributed by atoms with Crippen LogP contribution >= 0.6 is 0 Å².